The topological polar surface area (TPSA) is 62.2 Å². The summed E-state index contributed by atoms with van der Waals surface area (Å²) in [7, 11) is -2.06. The molecule has 0 spiro atoms. The molecular weight excluding hydrogens is 454 g/mol. The molecule has 2 N–H and O–H groups in total. The molecule has 1 saturated heterocycles. The van der Waals surface area contributed by atoms with Crippen molar-refractivity contribution in [3.05, 3.63) is 59.7 Å². The van der Waals surface area contributed by atoms with E-state index in [0.717, 1.165) is 35.7 Å². The maximum absolute atomic E-state index is 11.3. The Balaban J connectivity index is 1.47. The highest BCUT2D eigenvalue weighted by molar-refractivity contribution is 6.78. The molecule has 6 heteroatoms. The van der Waals surface area contributed by atoms with Gasteiger partial charge in [-0.3, -0.25) is 4.90 Å². The van der Waals surface area contributed by atoms with Gasteiger partial charge in [0, 0.05) is 24.7 Å². The molecule has 0 aliphatic carbocycles. The summed E-state index contributed by atoms with van der Waals surface area (Å²) in [4.78, 5) is 2.27. The molecule has 2 atom stereocenters. The molecule has 4 rings (SSSR count). The minimum atomic E-state index is -2.06. The maximum Gasteiger partial charge on any atom is 0.258 e. The SMILES string of the molecule is CC(C)[Si](Oc1ccc2c(c1)OCC(N1CCC(O)(c3ccccc3)CC1)C2O)(C(C)C)C(C)C. The second-order valence-electron chi connectivity index (χ2n) is 11.4. The molecule has 0 amide bonds. The monoisotopic (exact) mass is 497 g/mol. The Kier molecular flexibility index (Phi) is 7.67. The number of aliphatic hydroxyl groups excluding tert-OH is 1. The van der Waals surface area contributed by atoms with Gasteiger partial charge in [-0.25, -0.2) is 0 Å². The number of hydrogen-bond donors (Lipinski definition) is 2. The standard InChI is InChI=1S/C29H43NO4Si/c1-20(2)35(21(3)4,22(5)6)34-24-12-13-25-27(18-24)33-19-26(28(25)31)30-16-14-29(32,15-17-30)23-10-8-7-9-11-23/h7-13,18,20-22,26,28,31-32H,14-17,19H2,1-6H3. The average molecular weight is 498 g/mol. The summed E-state index contributed by atoms with van der Waals surface area (Å²) in [5.41, 5.74) is 2.46. The summed E-state index contributed by atoms with van der Waals surface area (Å²) in [5.74, 6) is 1.58. The Hall–Kier alpha value is -1.86. The van der Waals surface area contributed by atoms with Gasteiger partial charge in [-0.2, -0.15) is 0 Å². The van der Waals surface area contributed by atoms with E-state index >= 15 is 0 Å². The first kappa shape index (κ1) is 26.2. The zero-order valence-corrected chi connectivity index (χ0v) is 23.2. The molecule has 35 heavy (non-hydrogen) atoms. The number of nitrogens with zero attached hydrogens (tertiary/aromatic N) is 1. The second kappa shape index (κ2) is 10.2. The minimum absolute atomic E-state index is 0.120. The quantitative estimate of drug-likeness (QED) is 0.458. The van der Waals surface area contributed by atoms with Crippen LogP contribution in [0.25, 0.3) is 0 Å². The van der Waals surface area contributed by atoms with Crippen LogP contribution in [0, 0.1) is 0 Å². The fourth-order valence-corrected chi connectivity index (χ4v) is 11.8. The summed E-state index contributed by atoms with van der Waals surface area (Å²) in [6.07, 6.45) is 0.663. The number of aliphatic hydroxyl groups is 2. The smallest absolute Gasteiger partial charge is 0.258 e. The lowest BCUT2D eigenvalue weighted by atomic mass is 9.83. The Labute approximate surface area is 212 Å². The van der Waals surface area contributed by atoms with E-state index < -0.39 is 20.0 Å². The molecule has 0 radical (unpaired) electrons. The highest BCUT2D eigenvalue weighted by Crippen LogP contribution is 2.45. The van der Waals surface area contributed by atoms with E-state index in [2.05, 4.69) is 46.4 Å². The van der Waals surface area contributed by atoms with Crippen LogP contribution in [0.5, 0.6) is 11.5 Å². The van der Waals surface area contributed by atoms with Crippen molar-refractivity contribution >= 4 is 8.32 Å². The first-order valence-electron chi connectivity index (χ1n) is 13.2. The summed E-state index contributed by atoms with van der Waals surface area (Å²) in [5, 5.41) is 22.5. The lowest BCUT2D eigenvalue weighted by Crippen LogP contribution is -2.52. The molecule has 2 aromatic rings. The normalized spacial score (nSPS) is 22.8. The van der Waals surface area contributed by atoms with Crippen LogP contribution in [0.1, 0.15) is 71.6 Å². The largest absolute Gasteiger partial charge is 0.543 e. The molecule has 2 aliphatic rings. The third kappa shape index (κ3) is 4.91. The number of ether oxygens (including phenoxy) is 1. The highest BCUT2D eigenvalue weighted by atomic mass is 28.4. The highest BCUT2D eigenvalue weighted by Gasteiger charge is 2.47. The van der Waals surface area contributed by atoms with Crippen molar-refractivity contribution in [2.24, 2.45) is 0 Å². The Morgan fingerprint density at radius 2 is 1.54 bits per heavy atom. The van der Waals surface area contributed by atoms with Gasteiger partial charge in [-0.1, -0.05) is 71.9 Å². The number of likely N-dealkylation sites (tertiary alicyclic amines) is 1. The first-order valence-corrected chi connectivity index (χ1v) is 15.4. The Bertz CT molecular complexity index is 964. The minimum Gasteiger partial charge on any atom is -0.543 e. The molecule has 2 heterocycles. The van der Waals surface area contributed by atoms with Crippen LogP contribution >= 0.6 is 0 Å². The summed E-state index contributed by atoms with van der Waals surface area (Å²) < 4.78 is 13.0. The van der Waals surface area contributed by atoms with Crippen LogP contribution in [-0.2, 0) is 5.60 Å². The van der Waals surface area contributed by atoms with E-state index in [-0.39, 0.29) is 6.04 Å². The third-order valence-electron chi connectivity index (χ3n) is 8.48. The number of piperidine rings is 1. The van der Waals surface area contributed by atoms with Gasteiger partial charge in [-0.15, -0.1) is 0 Å². The van der Waals surface area contributed by atoms with Crippen LogP contribution < -0.4 is 9.16 Å². The van der Waals surface area contributed by atoms with E-state index in [1.165, 1.54) is 0 Å². The molecule has 2 aliphatic heterocycles. The van der Waals surface area contributed by atoms with Crippen molar-refractivity contribution in [3.63, 3.8) is 0 Å². The molecule has 2 unspecified atom stereocenters. The molecule has 192 valence electrons. The predicted molar refractivity (Wildman–Crippen MR) is 144 cm³/mol. The molecular formula is C29H43NO4Si. The van der Waals surface area contributed by atoms with Crippen molar-refractivity contribution in [1.82, 2.24) is 4.90 Å². The predicted octanol–water partition coefficient (Wildman–Crippen LogP) is 6.02. The van der Waals surface area contributed by atoms with E-state index in [0.29, 0.717) is 36.1 Å². The average Bonchev–Trinajstić information content (AvgIpc) is 2.83. The number of fused-ring (bicyclic) bond motifs is 1. The summed E-state index contributed by atoms with van der Waals surface area (Å²) in [6, 6.07) is 15.8. The van der Waals surface area contributed by atoms with E-state index in [1.807, 2.05) is 48.5 Å². The Morgan fingerprint density at radius 1 is 0.943 bits per heavy atom. The van der Waals surface area contributed by atoms with Crippen LogP contribution in [0.4, 0.5) is 0 Å². The van der Waals surface area contributed by atoms with E-state index in [1.54, 1.807) is 0 Å². The van der Waals surface area contributed by atoms with Crippen LogP contribution in [0.2, 0.25) is 16.6 Å². The van der Waals surface area contributed by atoms with Gasteiger partial charge in [-0.05, 0) is 47.2 Å². The maximum atomic E-state index is 11.3. The number of hydrogen-bond acceptors (Lipinski definition) is 5. The van der Waals surface area contributed by atoms with Crippen molar-refractivity contribution < 1.29 is 19.4 Å². The van der Waals surface area contributed by atoms with E-state index in [4.69, 9.17) is 9.16 Å². The van der Waals surface area contributed by atoms with Crippen molar-refractivity contribution in [2.45, 2.75) is 88.8 Å². The van der Waals surface area contributed by atoms with Crippen molar-refractivity contribution in [1.29, 1.82) is 0 Å². The van der Waals surface area contributed by atoms with Crippen molar-refractivity contribution in [2.75, 3.05) is 19.7 Å². The summed E-state index contributed by atoms with van der Waals surface area (Å²) >= 11 is 0. The van der Waals surface area contributed by atoms with Gasteiger partial charge in [0.25, 0.3) is 8.32 Å². The van der Waals surface area contributed by atoms with Crippen LogP contribution in [0.15, 0.2) is 48.5 Å². The van der Waals surface area contributed by atoms with Crippen LogP contribution in [0.3, 0.4) is 0 Å². The fourth-order valence-electron chi connectivity index (χ4n) is 6.55. The third-order valence-corrected chi connectivity index (χ3v) is 14.5. The molecule has 1 fully saturated rings. The molecule has 0 bridgehead atoms. The van der Waals surface area contributed by atoms with Crippen LogP contribution in [-0.4, -0.2) is 49.2 Å². The Morgan fingerprint density at radius 3 is 2.11 bits per heavy atom. The lowest BCUT2D eigenvalue weighted by Gasteiger charge is -2.45. The van der Waals surface area contributed by atoms with E-state index in [9.17, 15) is 10.2 Å². The molecule has 2 aromatic carbocycles. The molecule has 0 saturated carbocycles. The molecule has 0 aromatic heterocycles. The fraction of sp³-hybridized carbons (Fsp3) is 0.586. The van der Waals surface area contributed by atoms with Gasteiger partial charge < -0.3 is 19.4 Å². The summed E-state index contributed by atoms with van der Waals surface area (Å²) in [6.45, 7) is 15.6. The van der Waals surface area contributed by atoms with Crippen molar-refractivity contribution in [3.8, 4) is 11.5 Å². The first-order chi connectivity index (χ1) is 16.6. The van der Waals surface area contributed by atoms with Gasteiger partial charge in [0.1, 0.15) is 24.2 Å². The van der Waals surface area contributed by atoms with Gasteiger partial charge in [0.05, 0.1) is 11.6 Å². The number of benzene rings is 2. The molecule has 5 nitrogen and oxygen atoms in total. The van der Waals surface area contributed by atoms with Gasteiger partial charge in [0.2, 0.25) is 0 Å². The van der Waals surface area contributed by atoms with Gasteiger partial charge >= 0.3 is 0 Å². The van der Waals surface area contributed by atoms with Gasteiger partial charge in [0.15, 0.2) is 0 Å². The lowest BCUT2D eigenvalue weighted by molar-refractivity contribution is -0.0665. The zero-order valence-electron chi connectivity index (χ0n) is 22.2. The number of rotatable bonds is 7. The second-order valence-corrected chi connectivity index (χ2v) is 16.8. The zero-order chi connectivity index (χ0) is 25.4.